The summed E-state index contributed by atoms with van der Waals surface area (Å²) in [5, 5.41) is 0. The second-order valence-electron chi connectivity index (χ2n) is 2.97. The zero-order valence-electron chi connectivity index (χ0n) is 8.00. The first kappa shape index (κ1) is 9.39. The number of nitrogens with zero attached hydrogens (tertiary/aromatic N) is 3. The molecule has 2 heterocycles. The minimum Gasteiger partial charge on any atom is -0.351 e. The fourth-order valence-corrected chi connectivity index (χ4v) is 1.15. The van der Waals surface area contributed by atoms with E-state index in [9.17, 15) is 4.79 Å². The van der Waals surface area contributed by atoms with E-state index >= 15 is 0 Å². The molecule has 1 aliphatic rings. The lowest BCUT2D eigenvalue weighted by Crippen LogP contribution is -2.29. The van der Waals surface area contributed by atoms with E-state index < -0.39 is 0 Å². The van der Waals surface area contributed by atoms with Crippen LogP contribution in [0.3, 0.4) is 0 Å². The van der Waals surface area contributed by atoms with Gasteiger partial charge in [-0.05, 0) is 12.2 Å². The van der Waals surface area contributed by atoms with E-state index in [0.717, 1.165) is 5.69 Å². The molecule has 15 heavy (non-hydrogen) atoms. The fraction of sp³-hybridized carbons (Fsp3) is 0.100. The quantitative estimate of drug-likeness (QED) is 0.721. The highest BCUT2D eigenvalue weighted by molar-refractivity contribution is 5.98. The number of imidazole rings is 1. The number of amides is 1. The first-order chi connectivity index (χ1) is 7.36. The molecule has 0 atom stereocenters. The molecule has 0 spiro atoms. The Morgan fingerprint density at radius 3 is 3.20 bits per heavy atom. The molecule has 0 radical (unpaired) electrons. The Morgan fingerprint density at radius 2 is 2.53 bits per heavy atom. The molecule has 0 unspecified atom stereocenters. The lowest BCUT2D eigenvalue weighted by Gasteiger charge is -2.14. The fourth-order valence-electron chi connectivity index (χ4n) is 1.15. The average Bonchev–Trinajstić information content (AvgIpc) is 2.80. The Kier molecular flexibility index (Phi) is 2.73. The van der Waals surface area contributed by atoms with Crippen LogP contribution in [0.5, 0.6) is 0 Å². The number of nitrogens with one attached hydrogen (secondary N) is 1. The molecule has 1 aliphatic heterocycles. The largest absolute Gasteiger partial charge is 0.351 e. The highest BCUT2D eigenvalue weighted by Gasteiger charge is 2.07. The van der Waals surface area contributed by atoms with Crippen LogP contribution in [0.4, 0.5) is 0 Å². The molecular formula is C10H10N4O. The standard InChI is InChI=1S/C10H10N4O/c15-10(14-5-1-4-11-8-14)3-2-9-6-12-7-13-9/h1-4,6-8H,5H2,(H,12,13). The van der Waals surface area contributed by atoms with Crippen molar-refractivity contribution in [2.75, 3.05) is 6.54 Å². The summed E-state index contributed by atoms with van der Waals surface area (Å²) in [6, 6.07) is 0. The number of aliphatic imine (C=N–C) groups is 1. The maximum atomic E-state index is 11.6. The Bertz CT molecular complexity index is 417. The van der Waals surface area contributed by atoms with Crippen molar-refractivity contribution in [1.29, 1.82) is 0 Å². The van der Waals surface area contributed by atoms with Crippen LogP contribution in [-0.2, 0) is 4.79 Å². The molecule has 0 aromatic carbocycles. The predicted octanol–water partition coefficient (Wildman–Crippen LogP) is 0.807. The highest BCUT2D eigenvalue weighted by atomic mass is 16.2. The summed E-state index contributed by atoms with van der Waals surface area (Å²) in [5.41, 5.74) is 0.729. The third kappa shape index (κ3) is 2.40. The lowest BCUT2D eigenvalue weighted by molar-refractivity contribution is -0.121. The summed E-state index contributed by atoms with van der Waals surface area (Å²) in [5.74, 6) is -0.105. The van der Waals surface area contributed by atoms with Crippen molar-refractivity contribution in [2.45, 2.75) is 0 Å². The van der Waals surface area contributed by atoms with Crippen molar-refractivity contribution in [1.82, 2.24) is 14.9 Å². The summed E-state index contributed by atoms with van der Waals surface area (Å²) in [6.07, 6.45) is 11.4. The molecule has 1 N–H and O–H groups in total. The van der Waals surface area contributed by atoms with Crippen molar-refractivity contribution in [3.63, 3.8) is 0 Å². The van der Waals surface area contributed by atoms with Crippen molar-refractivity contribution in [3.05, 3.63) is 36.6 Å². The van der Waals surface area contributed by atoms with Crippen LogP contribution < -0.4 is 0 Å². The second kappa shape index (κ2) is 4.36. The molecule has 0 aliphatic carbocycles. The van der Waals surface area contributed by atoms with E-state index in [-0.39, 0.29) is 5.91 Å². The van der Waals surface area contributed by atoms with Crippen LogP contribution in [0.25, 0.3) is 6.08 Å². The van der Waals surface area contributed by atoms with Gasteiger partial charge in [-0.1, -0.05) is 0 Å². The second-order valence-corrected chi connectivity index (χ2v) is 2.97. The number of hydrogen-bond donors (Lipinski definition) is 1. The third-order valence-corrected chi connectivity index (χ3v) is 1.90. The molecule has 0 fully saturated rings. The van der Waals surface area contributed by atoms with Gasteiger partial charge in [-0.25, -0.2) is 9.98 Å². The normalized spacial score (nSPS) is 15.1. The Balaban J connectivity index is 1.98. The third-order valence-electron chi connectivity index (χ3n) is 1.90. The summed E-state index contributed by atoms with van der Waals surface area (Å²) < 4.78 is 0. The minimum atomic E-state index is -0.105. The van der Waals surface area contributed by atoms with Crippen LogP contribution in [0.15, 0.2) is 35.9 Å². The number of aromatic amines is 1. The smallest absolute Gasteiger partial charge is 0.252 e. The summed E-state index contributed by atoms with van der Waals surface area (Å²) >= 11 is 0. The first-order valence-electron chi connectivity index (χ1n) is 4.52. The Hall–Kier alpha value is -2.17. The molecule has 2 rings (SSSR count). The van der Waals surface area contributed by atoms with Gasteiger partial charge in [0.15, 0.2) is 0 Å². The number of rotatable bonds is 2. The van der Waals surface area contributed by atoms with Crippen molar-refractivity contribution in [2.24, 2.45) is 4.99 Å². The van der Waals surface area contributed by atoms with Gasteiger partial charge >= 0.3 is 0 Å². The van der Waals surface area contributed by atoms with Crippen LogP contribution in [0.1, 0.15) is 5.69 Å². The molecular weight excluding hydrogens is 192 g/mol. The van der Waals surface area contributed by atoms with E-state index in [2.05, 4.69) is 15.0 Å². The van der Waals surface area contributed by atoms with E-state index in [1.807, 2.05) is 6.08 Å². The van der Waals surface area contributed by atoms with Crippen molar-refractivity contribution in [3.8, 4) is 0 Å². The molecule has 5 heteroatoms. The van der Waals surface area contributed by atoms with Crippen molar-refractivity contribution < 1.29 is 4.79 Å². The van der Waals surface area contributed by atoms with Gasteiger partial charge in [0.05, 0.1) is 18.4 Å². The Labute approximate surface area is 86.8 Å². The monoisotopic (exact) mass is 202 g/mol. The molecule has 76 valence electrons. The molecule has 5 nitrogen and oxygen atoms in total. The number of carbonyl (C=O) groups excluding carboxylic acids is 1. The molecule has 1 amide bonds. The number of carbonyl (C=O) groups is 1. The topological polar surface area (TPSA) is 61.4 Å². The van der Waals surface area contributed by atoms with Crippen LogP contribution in [0, 0.1) is 0 Å². The van der Waals surface area contributed by atoms with Gasteiger partial charge in [0.2, 0.25) is 0 Å². The van der Waals surface area contributed by atoms with Gasteiger partial charge in [0.25, 0.3) is 5.91 Å². The maximum Gasteiger partial charge on any atom is 0.252 e. The molecule has 1 aromatic rings. The van der Waals surface area contributed by atoms with Gasteiger partial charge < -0.3 is 4.98 Å². The Morgan fingerprint density at radius 1 is 1.60 bits per heavy atom. The van der Waals surface area contributed by atoms with Crippen molar-refractivity contribution >= 4 is 18.3 Å². The average molecular weight is 202 g/mol. The zero-order chi connectivity index (χ0) is 10.5. The van der Waals surface area contributed by atoms with Gasteiger partial charge in [0.1, 0.15) is 0 Å². The minimum absolute atomic E-state index is 0.105. The zero-order valence-corrected chi connectivity index (χ0v) is 8.00. The van der Waals surface area contributed by atoms with Crippen LogP contribution in [0.2, 0.25) is 0 Å². The number of hydrogen-bond acceptors (Lipinski definition) is 3. The SMILES string of the molecule is O=C(C=Cc1c[nH]cn1)N1C=NC=CC1. The van der Waals surface area contributed by atoms with E-state index in [0.29, 0.717) is 6.54 Å². The number of aromatic nitrogens is 2. The summed E-state index contributed by atoms with van der Waals surface area (Å²) in [4.78, 5) is 23.7. The van der Waals surface area contributed by atoms with Gasteiger partial charge in [-0.3, -0.25) is 9.69 Å². The molecule has 0 saturated heterocycles. The van der Waals surface area contributed by atoms with E-state index in [1.54, 1.807) is 24.8 Å². The van der Waals surface area contributed by atoms with Crippen LogP contribution in [-0.4, -0.2) is 33.7 Å². The first-order valence-corrected chi connectivity index (χ1v) is 4.52. The van der Waals surface area contributed by atoms with Gasteiger partial charge in [-0.15, -0.1) is 0 Å². The highest BCUT2D eigenvalue weighted by Crippen LogP contribution is 1.98. The summed E-state index contributed by atoms with van der Waals surface area (Å²) in [7, 11) is 0. The molecule has 1 aromatic heterocycles. The molecule has 0 saturated carbocycles. The van der Waals surface area contributed by atoms with Gasteiger partial charge in [0, 0.05) is 25.0 Å². The predicted molar refractivity (Wildman–Crippen MR) is 57.0 cm³/mol. The number of H-pyrrole nitrogens is 1. The van der Waals surface area contributed by atoms with Crippen LogP contribution >= 0.6 is 0 Å². The lowest BCUT2D eigenvalue weighted by atomic mass is 10.3. The van der Waals surface area contributed by atoms with E-state index in [1.165, 1.54) is 17.3 Å². The van der Waals surface area contributed by atoms with Gasteiger partial charge in [-0.2, -0.15) is 0 Å². The maximum absolute atomic E-state index is 11.6. The molecule has 0 bridgehead atoms. The summed E-state index contributed by atoms with van der Waals surface area (Å²) in [6.45, 7) is 0.563. The van der Waals surface area contributed by atoms with E-state index in [4.69, 9.17) is 0 Å².